The van der Waals surface area contributed by atoms with Crippen molar-refractivity contribution < 1.29 is 22.4 Å². The van der Waals surface area contributed by atoms with E-state index in [1.54, 1.807) is 38.3 Å². The number of nitrogens with zero attached hydrogens (tertiary/aromatic N) is 2. The highest BCUT2D eigenvalue weighted by Gasteiger charge is 2.27. The third-order valence-corrected chi connectivity index (χ3v) is 8.14. The molecule has 0 saturated carbocycles. The van der Waals surface area contributed by atoms with Crippen LogP contribution in [0.15, 0.2) is 57.0 Å². The lowest BCUT2D eigenvalue weighted by atomic mass is 10.2. The third kappa shape index (κ3) is 4.77. The Morgan fingerprint density at radius 1 is 1.19 bits per heavy atom. The van der Waals surface area contributed by atoms with Gasteiger partial charge in [0.2, 0.25) is 15.9 Å². The van der Waals surface area contributed by atoms with Gasteiger partial charge in [-0.2, -0.15) is 4.31 Å². The highest BCUT2D eigenvalue weighted by molar-refractivity contribution is 8.00. The van der Waals surface area contributed by atoms with Crippen molar-refractivity contribution in [3.63, 3.8) is 0 Å². The van der Waals surface area contributed by atoms with Crippen molar-refractivity contribution in [3.8, 4) is 5.75 Å². The molecule has 8 nitrogen and oxygen atoms in total. The van der Waals surface area contributed by atoms with Crippen LogP contribution in [0.4, 0.5) is 5.69 Å². The normalized spacial score (nSPS) is 16.1. The molecular formula is C22H25N3O5S2. The second kappa shape index (κ2) is 9.51. The van der Waals surface area contributed by atoms with Crippen molar-refractivity contribution in [1.82, 2.24) is 9.29 Å². The molecule has 3 aromatic rings. The number of oxazole rings is 1. The Morgan fingerprint density at radius 2 is 1.94 bits per heavy atom. The fourth-order valence-electron chi connectivity index (χ4n) is 3.54. The van der Waals surface area contributed by atoms with E-state index in [1.807, 2.05) is 12.1 Å². The molecule has 1 aromatic heterocycles. The van der Waals surface area contributed by atoms with Gasteiger partial charge in [0.25, 0.3) is 5.22 Å². The van der Waals surface area contributed by atoms with E-state index in [2.05, 4.69) is 10.3 Å². The summed E-state index contributed by atoms with van der Waals surface area (Å²) in [6.45, 7) is 2.83. The molecule has 1 aliphatic heterocycles. The van der Waals surface area contributed by atoms with Crippen LogP contribution in [0.2, 0.25) is 0 Å². The van der Waals surface area contributed by atoms with E-state index in [1.165, 1.54) is 10.4 Å². The zero-order valence-electron chi connectivity index (χ0n) is 17.9. The molecule has 1 saturated heterocycles. The average Bonchev–Trinajstić information content (AvgIpc) is 3.21. The van der Waals surface area contributed by atoms with Crippen molar-refractivity contribution in [3.05, 3.63) is 42.5 Å². The van der Waals surface area contributed by atoms with E-state index < -0.39 is 15.3 Å². The molecule has 1 N–H and O–H groups in total. The number of anilines is 1. The highest BCUT2D eigenvalue weighted by Crippen LogP contribution is 2.31. The monoisotopic (exact) mass is 475 g/mol. The summed E-state index contributed by atoms with van der Waals surface area (Å²) in [5, 5.41) is 2.65. The fourth-order valence-corrected chi connectivity index (χ4v) is 5.83. The summed E-state index contributed by atoms with van der Waals surface area (Å²) in [5.74, 6) is 0.345. The van der Waals surface area contributed by atoms with Gasteiger partial charge in [-0.1, -0.05) is 30.3 Å². The number of nitrogens with one attached hydrogen (secondary N) is 1. The summed E-state index contributed by atoms with van der Waals surface area (Å²) in [6.07, 6.45) is 2.81. The molecule has 1 atom stereocenters. The summed E-state index contributed by atoms with van der Waals surface area (Å²) in [4.78, 5) is 17.2. The minimum atomic E-state index is -3.55. The van der Waals surface area contributed by atoms with Crippen molar-refractivity contribution in [2.45, 2.75) is 41.6 Å². The van der Waals surface area contributed by atoms with Gasteiger partial charge in [0.1, 0.15) is 11.3 Å². The smallest absolute Gasteiger partial charge is 0.257 e. The van der Waals surface area contributed by atoms with E-state index in [0.717, 1.165) is 31.0 Å². The number of fused-ring (bicyclic) bond motifs is 1. The Bertz CT molecular complexity index is 1220. The quantitative estimate of drug-likeness (QED) is 0.513. The van der Waals surface area contributed by atoms with E-state index in [9.17, 15) is 13.2 Å². The maximum absolute atomic E-state index is 12.9. The number of piperidine rings is 1. The van der Waals surface area contributed by atoms with Gasteiger partial charge in [0.05, 0.1) is 22.9 Å². The van der Waals surface area contributed by atoms with Crippen LogP contribution in [-0.4, -0.2) is 49.1 Å². The van der Waals surface area contributed by atoms with Gasteiger partial charge < -0.3 is 14.5 Å². The number of para-hydroxylation sites is 2. The molecule has 10 heteroatoms. The zero-order chi connectivity index (χ0) is 22.7. The Kier molecular flexibility index (Phi) is 6.73. The molecule has 0 bridgehead atoms. The first-order chi connectivity index (χ1) is 15.4. The molecule has 1 fully saturated rings. The van der Waals surface area contributed by atoms with Gasteiger partial charge in [-0.05, 0) is 50.1 Å². The molecule has 0 unspecified atom stereocenters. The number of benzene rings is 2. The minimum absolute atomic E-state index is 0.207. The Labute approximate surface area is 191 Å². The first-order valence-corrected chi connectivity index (χ1v) is 12.7. The lowest BCUT2D eigenvalue weighted by Crippen LogP contribution is -2.35. The van der Waals surface area contributed by atoms with E-state index in [4.69, 9.17) is 9.15 Å². The first kappa shape index (κ1) is 22.6. The Balaban J connectivity index is 1.48. The SMILES string of the molecule is COc1ccccc1NC(=O)[C@@H](C)Sc1nc2cc(S(=O)(=O)N3CCCCC3)ccc2o1. The fraction of sp³-hybridized carbons (Fsp3) is 0.364. The number of carbonyl (C=O) groups is 1. The molecule has 0 aliphatic carbocycles. The van der Waals surface area contributed by atoms with Crippen LogP contribution in [0.3, 0.4) is 0 Å². The van der Waals surface area contributed by atoms with Crippen LogP contribution in [-0.2, 0) is 14.8 Å². The highest BCUT2D eigenvalue weighted by atomic mass is 32.2. The third-order valence-electron chi connectivity index (χ3n) is 5.30. The molecular weight excluding hydrogens is 450 g/mol. The van der Waals surface area contributed by atoms with Crippen molar-refractivity contribution in [2.75, 3.05) is 25.5 Å². The summed E-state index contributed by atoms with van der Waals surface area (Å²) in [5.41, 5.74) is 1.50. The standard InChI is InChI=1S/C22H25N3O5S2/c1-15(21(26)23-17-8-4-5-9-19(17)29-2)31-22-24-18-14-16(10-11-20(18)30-22)32(27,28)25-12-6-3-7-13-25/h4-5,8-11,14-15H,3,6-7,12-13H2,1-2H3,(H,23,26)/t15-/m1/s1. The van der Waals surface area contributed by atoms with Crippen molar-refractivity contribution in [1.29, 1.82) is 0 Å². The number of aromatic nitrogens is 1. The average molecular weight is 476 g/mol. The molecule has 4 rings (SSSR count). The van der Waals surface area contributed by atoms with Gasteiger partial charge in [-0.25, -0.2) is 13.4 Å². The number of sulfonamides is 1. The van der Waals surface area contributed by atoms with Gasteiger partial charge in [-0.3, -0.25) is 4.79 Å². The van der Waals surface area contributed by atoms with E-state index in [0.29, 0.717) is 40.8 Å². The number of carbonyl (C=O) groups excluding carboxylic acids is 1. The van der Waals surface area contributed by atoms with E-state index in [-0.39, 0.29) is 10.8 Å². The van der Waals surface area contributed by atoms with Gasteiger partial charge in [-0.15, -0.1) is 0 Å². The van der Waals surface area contributed by atoms with E-state index >= 15 is 0 Å². The van der Waals surface area contributed by atoms with Crippen molar-refractivity contribution in [2.24, 2.45) is 0 Å². The summed E-state index contributed by atoms with van der Waals surface area (Å²) in [6, 6.07) is 11.9. The molecule has 2 heterocycles. The maximum atomic E-state index is 12.9. The molecule has 0 spiro atoms. The summed E-state index contributed by atoms with van der Waals surface area (Å²) < 4.78 is 38.4. The molecule has 1 aliphatic rings. The first-order valence-electron chi connectivity index (χ1n) is 10.4. The number of hydrogen-bond donors (Lipinski definition) is 1. The predicted octanol–water partition coefficient (Wildman–Crippen LogP) is 4.13. The van der Waals surface area contributed by atoms with Crippen LogP contribution < -0.4 is 10.1 Å². The molecule has 170 valence electrons. The zero-order valence-corrected chi connectivity index (χ0v) is 19.5. The van der Waals surface area contributed by atoms with Crippen LogP contribution in [0.25, 0.3) is 11.1 Å². The van der Waals surface area contributed by atoms with Crippen LogP contribution >= 0.6 is 11.8 Å². The van der Waals surface area contributed by atoms with Gasteiger partial charge in [0, 0.05) is 13.1 Å². The second-order valence-corrected chi connectivity index (χ2v) is 10.8. The number of methoxy groups -OCH3 is 1. The maximum Gasteiger partial charge on any atom is 0.257 e. The van der Waals surface area contributed by atoms with Crippen LogP contribution in [0.1, 0.15) is 26.2 Å². The van der Waals surface area contributed by atoms with Crippen molar-refractivity contribution >= 4 is 44.5 Å². The lowest BCUT2D eigenvalue weighted by Gasteiger charge is -2.25. The summed E-state index contributed by atoms with van der Waals surface area (Å²) in [7, 11) is -2.01. The predicted molar refractivity (Wildman–Crippen MR) is 124 cm³/mol. The van der Waals surface area contributed by atoms with Crippen LogP contribution in [0, 0.1) is 0 Å². The number of rotatable bonds is 7. The minimum Gasteiger partial charge on any atom is -0.495 e. The van der Waals surface area contributed by atoms with Gasteiger partial charge in [0.15, 0.2) is 5.58 Å². The summed E-state index contributed by atoms with van der Waals surface area (Å²) >= 11 is 1.16. The number of thioether (sulfide) groups is 1. The largest absolute Gasteiger partial charge is 0.495 e. The number of hydrogen-bond acceptors (Lipinski definition) is 7. The second-order valence-electron chi connectivity index (χ2n) is 7.52. The lowest BCUT2D eigenvalue weighted by molar-refractivity contribution is -0.115. The van der Waals surface area contributed by atoms with Gasteiger partial charge >= 0.3 is 0 Å². The molecule has 1 amide bonds. The topological polar surface area (TPSA) is 102 Å². The Morgan fingerprint density at radius 3 is 2.69 bits per heavy atom. The number of amides is 1. The van der Waals surface area contributed by atoms with Crippen LogP contribution in [0.5, 0.6) is 5.75 Å². The molecule has 0 radical (unpaired) electrons. The Hall–Kier alpha value is -2.56. The molecule has 32 heavy (non-hydrogen) atoms. The molecule has 2 aromatic carbocycles. The number of ether oxygens (including phenoxy) is 1.